The largest absolute Gasteiger partial charge is 0.491 e. The number of ether oxygens (including phenoxy) is 1. The number of hydrogen-bond donors (Lipinski definition) is 1. The lowest BCUT2D eigenvalue weighted by molar-refractivity contribution is 0.140. The van der Waals surface area contributed by atoms with Gasteiger partial charge in [0.2, 0.25) is 0 Å². The van der Waals surface area contributed by atoms with E-state index in [0.717, 1.165) is 26.1 Å². The van der Waals surface area contributed by atoms with Gasteiger partial charge in [-0.1, -0.05) is 30.1 Å². The third-order valence-electron chi connectivity index (χ3n) is 3.61. The van der Waals surface area contributed by atoms with Gasteiger partial charge in [0, 0.05) is 24.2 Å². The summed E-state index contributed by atoms with van der Waals surface area (Å²) in [6.45, 7) is 5.81. The predicted molar refractivity (Wildman–Crippen MR) is 87.4 cm³/mol. The molecule has 1 aromatic carbocycles. The summed E-state index contributed by atoms with van der Waals surface area (Å²) in [6.07, 6.45) is 1.06. The molecule has 2 rings (SSSR count). The molecule has 2 atom stereocenters. The van der Waals surface area contributed by atoms with E-state index in [2.05, 4.69) is 11.8 Å². The van der Waals surface area contributed by atoms with E-state index < -0.39 is 0 Å². The number of halogens is 3. The molecule has 3 nitrogen and oxygen atoms in total. The number of nitrogens with zero attached hydrogens (tertiary/aromatic N) is 1. The van der Waals surface area contributed by atoms with Crippen molar-refractivity contribution in [2.75, 3.05) is 26.2 Å². The number of nitrogens with two attached hydrogens (primary N) is 1. The quantitative estimate of drug-likeness (QED) is 0.913. The summed E-state index contributed by atoms with van der Waals surface area (Å²) in [5, 5.41) is 1.18. The second-order valence-electron chi connectivity index (χ2n) is 5.15. The average molecular weight is 340 g/mol. The van der Waals surface area contributed by atoms with Crippen molar-refractivity contribution in [3.63, 3.8) is 0 Å². The molecular weight excluding hydrogens is 319 g/mol. The normalized spacial score (nSPS) is 23.2. The van der Waals surface area contributed by atoms with Gasteiger partial charge in [0.15, 0.2) is 0 Å². The highest BCUT2D eigenvalue weighted by atomic mass is 35.5. The van der Waals surface area contributed by atoms with Crippen LogP contribution in [0.5, 0.6) is 5.75 Å². The number of likely N-dealkylation sites (tertiary alicyclic amines) is 1. The van der Waals surface area contributed by atoms with Crippen molar-refractivity contribution in [3.05, 3.63) is 28.2 Å². The van der Waals surface area contributed by atoms with Crippen molar-refractivity contribution in [2.45, 2.75) is 19.4 Å². The first-order chi connectivity index (χ1) is 9.06. The van der Waals surface area contributed by atoms with Gasteiger partial charge in [-0.25, -0.2) is 0 Å². The summed E-state index contributed by atoms with van der Waals surface area (Å²) < 4.78 is 5.69. The number of hydrogen-bond acceptors (Lipinski definition) is 3. The minimum atomic E-state index is 0. The van der Waals surface area contributed by atoms with E-state index in [1.54, 1.807) is 18.2 Å². The van der Waals surface area contributed by atoms with Crippen LogP contribution in [0.15, 0.2) is 18.2 Å². The molecule has 1 aliphatic heterocycles. The monoisotopic (exact) mass is 338 g/mol. The summed E-state index contributed by atoms with van der Waals surface area (Å²) in [4.78, 5) is 2.39. The standard InChI is InChI=1S/C14H20Cl2N2O.ClH/c1-10-9-18(5-4-13(10)17)6-7-19-14-3-2-11(15)8-12(14)16;/h2-3,8,10,13H,4-7,9,17H2,1H3;1H. The Morgan fingerprint density at radius 2 is 2.15 bits per heavy atom. The second kappa shape index (κ2) is 8.30. The van der Waals surface area contributed by atoms with Crippen molar-refractivity contribution in [3.8, 4) is 5.75 Å². The van der Waals surface area contributed by atoms with Crippen LogP contribution in [-0.2, 0) is 0 Å². The molecule has 1 fully saturated rings. The Labute approximate surface area is 136 Å². The van der Waals surface area contributed by atoms with Crippen LogP contribution >= 0.6 is 35.6 Å². The molecule has 1 aliphatic rings. The average Bonchev–Trinajstić information content (AvgIpc) is 2.36. The van der Waals surface area contributed by atoms with Crippen molar-refractivity contribution in [2.24, 2.45) is 11.7 Å². The van der Waals surface area contributed by atoms with Crippen molar-refractivity contribution < 1.29 is 4.74 Å². The SMILES string of the molecule is CC1CN(CCOc2ccc(Cl)cc2Cl)CCC1N.Cl. The first kappa shape index (κ1) is 17.9. The van der Waals surface area contributed by atoms with Crippen LogP contribution in [-0.4, -0.2) is 37.2 Å². The highest BCUT2D eigenvalue weighted by Gasteiger charge is 2.22. The fraction of sp³-hybridized carbons (Fsp3) is 0.571. The van der Waals surface area contributed by atoms with Gasteiger partial charge in [0.25, 0.3) is 0 Å². The zero-order valence-electron chi connectivity index (χ0n) is 11.5. The van der Waals surface area contributed by atoms with E-state index in [0.29, 0.717) is 34.4 Å². The van der Waals surface area contributed by atoms with Crippen LogP contribution < -0.4 is 10.5 Å². The fourth-order valence-corrected chi connectivity index (χ4v) is 2.79. The van der Waals surface area contributed by atoms with Crippen LogP contribution in [0.3, 0.4) is 0 Å². The Kier molecular flexibility index (Phi) is 7.41. The smallest absolute Gasteiger partial charge is 0.138 e. The van der Waals surface area contributed by atoms with Gasteiger partial charge in [-0.3, -0.25) is 4.90 Å². The maximum atomic E-state index is 6.05. The Morgan fingerprint density at radius 1 is 1.40 bits per heavy atom. The highest BCUT2D eigenvalue weighted by Crippen LogP contribution is 2.27. The molecule has 2 N–H and O–H groups in total. The van der Waals surface area contributed by atoms with E-state index in [9.17, 15) is 0 Å². The van der Waals surface area contributed by atoms with Crippen molar-refractivity contribution >= 4 is 35.6 Å². The van der Waals surface area contributed by atoms with E-state index in [1.807, 2.05) is 0 Å². The zero-order chi connectivity index (χ0) is 13.8. The van der Waals surface area contributed by atoms with Gasteiger partial charge >= 0.3 is 0 Å². The molecule has 0 aromatic heterocycles. The molecule has 0 saturated carbocycles. The Balaban J connectivity index is 0.00000200. The van der Waals surface area contributed by atoms with Crippen LogP contribution in [0.1, 0.15) is 13.3 Å². The second-order valence-corrected chi connectivity index (χ2v) is 6.00. The zero-order valence-corrected chi connectivity index (χ0v) is 13.8. The van der Waals surface area contributed by atoms with E-state index in [4.69, 9.17) is 33.7 Å². The Bertz CT molecular complexity index is 431. The summed E-state index contributed by atoms with van der Waals surface area (Å²) in [6, 6.07) is 5.62. The maximum absolute atomic E-state index is 6.05. The molecule has 114 valence electrons. The molecule has 2 unspecified atom stereocenters. The lowest BCUT2D eigenvalue weighted by atomic mass is 9.95. The van der Waals surface area contributed by atoms with Crippen molar-refractivity contribution in [1.82, 2.24) is 4.90 Å². The molecule has 1 saturated heterocycles. The molecular formula is C14H21Cl3N2O. The third-order valence-corrected chi connectivity index (χ3v) is 4.15. The minimum Gasteiger partial charge on any atom is -0.491 e. The highest BCUT2D eigenvalue weighted by molar-refractivity contribution is 6.35. The molecule has 0 amide bonds. The Morgan fingerprint density at radius 3 is 2.80 bits per heavy atom. The first-order valence-electron chi connectivity index (χ1n) is 6.62. The maximum Gasteiger partial charge on any atom is 0.138 e. The van der Waals surface area contributed by atoms with Gasteiger partial charge < -0.3 is 10.5 Å². The summed E-state index contributed by atoms with van der Waals surface area (Å²) >= 11 is 11.9. The number of rotatable bonds is 4. The molecule has 6 heteroatoms. The summed E-state index contributed by atoms with van der Waals surface area (Å²) in [5.41, 5.74) is 6.01. The summed E-state index contributed by atoms with van der Waals surface area (Å²) in [5.74, 6) is 1.24. The molecule has 0 spiro atoms. The Hall–Kier alpha value is -0.190. The predicted octanol–water partition coefficient (Wildman–Crippen LogP) is 3.46. The van der Waals surface area contributed by atoms with Gasteiger partial charge in [-0.2, -0.15) is 0 Å². The number of benzene rings is 1. The molecule has 0 bridgehead atoms. The topological polar surface area (TPSA) is 38.5 Å². The lowest BCUT2D eigenvalue weighted by Gasteiger charge is -2.34. The van der Waals surface area contributed by atoms with Gasteiger partial charge in [-0.15, -0.1) is 12.4 Å². The van der Waals surface area contributed by atoms with Crippen LogP contribution in [0, 0.1) is 5.92 Å². The van der Waals surface area contributed by atoms with E-state index in [1.165, 1.54) is 0 Å². The third kappa shape index (κ3) is 4.97. The first-order valence-corrected chi connectivity index (χ1v) is 7.37. The minimum absolute atomic E-state index is 0. The van der Waals surface area contributed by atoms with E-state index >= 15 is 0 Å². The lowest BCUT2D eigenvalue weighted by Crippen LogP contribution is -2.46. The van der Waals surface area contributed by atoms with Gasteiger partial charge in [0.05, 0.1) is 5.02 Å². The van der Waals surface area contributed by atoms with Crippen LogP contribution in [0.2, 0.25) is 10.0 Å². The number of piperidine rings is 1. The van der Waals surface area contributed by atoms with E-state index in [-0.39, 0.29) is 12.4 Å². The molecule has 1 aromatic rings. The van der Waals surface area contributed by atoms with Crippen molar-refractivity contribution in [1.29, 1.82) is 0 Å². The molecule has 0 radical (unpaired) electrons. The molecule has 1 heterocycles. The molecule has 20 heavy (non-hydrogen) atoms. The van der Waals surface area contributed by atoms with Crippen LogP contribution in [0.4, 0.5) is 0 Å². The van der Waals surface area contributed by atoms with Gasteiger partial charge in [0.1, 0.15) is 12.4 Å². The van der Waals surface area contributed by atoms with Gasteiger partial charge in [-0.05, 0) is 37.1 Å². The molecule has 0 aliphatic carbocycles. The fourth-order valence-electron chi connectivity index (χ4n) is 2.33. The summed E-state index contributed by atoms with van der Waals surface area (Å²) in [7, 11) is 0. The van der Waals surface area contributed by atoms with Crippen LogP contribution in [0.25, 0.3) is 0 Å².